The van der Waals surface area contributed by atoms with E-state index in [9.17, 15) is 24.3 Å². The summed E-state index contributed by atoms with van der Waals surface area (Å²) < 4.78 is 1.84. The van der Waals surface area contributed by atoms with Crippen molar-refractivity contribution >= 4 is 57.6 Å². The van der Waals surface area contributed by atoms with Crippen molar-refractivity contribution in [1.29, 1.82) is 0 Å². The van der Waals surface area contributed by atoms with Gasteiger partial charge in [0, 0.05) is 41.9 Å². The molecule has 4 N–H and O–H groups in total. The summed E-state index contributed by atoms with van der Waals surface area (Å²) in [6.45, 7) is 1.36. The Morgan fingerprint density at radius 3 is 2.70 bits per heavy atom. The van der Waals surface area contributed by atoms with E-state index in [4.69, 9.17) is 15.7 Å². The number of hydrogen-bond acceptors (Lipinski definition) is 12. The maximum Gasteiger partial charge on any atom is 0.276 e. The molecule has 46 heavy (non-hydrogen) atoms. The van der Waals surface area contributed by atoms with Crippen molar-refractivity contribution in [2.24, 2.45) is 5.16 Å². The first kappa shape index (κ1) is 31.7. The summed E-state index contributed by atoms with van der Waals surface area (Å²) in [5.74, 6) is -2.86. The van der Waals surface area contributed by atoms with Crippen LogP contribution in [0.5, 0.6) is 0 Å². The number of nitrogens with one attached hydrogen (secondary N) is 1. The minimum absolute atomic E-state index is 0.0264. The van der Waals surface area contributed by atoms with Crippen LogP contribution in [-0.2, 0) is 37.1 Å². The first-order valence-electron chi connectivity index (χ1n) is 15.0. The molecule has 3 aliphatic heterocycles. The van der Waals surface area contributed by atoms with Gasteiger partial charge in [-0.3, -0.25) is 19.3 Å². The third kappa shape index (κ3) is 6.50. The lowest BCUT2D eigenvalue weighted by molar-refractivity contribution is -0.698. The molecule has 5 heterocycles. The maximum atomic E-state index is 13.4. The molecule has 0 spiro atoms. The van der Waals surface area contributed by atoms with Gasteiger partial charge in [-0.15, -0.1) is 23.1 Å². The molecular weight excluding hydrogens is 635 g/mol. The Labute approximate surface area is 272 Å². The SMILES string of the molecule is Nc1nc(/C(=N/OC2CCCC2)C(=O)N[C@@H]2C(=O)N3C(C(=O)[O-])=C(C=C4CCN(Cc5cc[n+](CCO)cc5)C4=O)CS[C@H]23)cs1. The monoisotopic (exact) mass is 667 g/mol. The zero-order chi connectivity index (χ0) is 32.4. The number of fused-ring (bicyclic) bond motifs is 1. The second kappa shape index (κ2) is 13.6. The van der Waals surface area contributed by atoms with Gasteiger partial charge in [0.1, 0.15) is 29.8 Å². The first-order valence-corrected chi connectivity index (χ1v) is 16.9. The number of carboxylic acid groups (broad SMARTS) is 1. The average molecular weight is 668 g/mol. The van der Waals surface area contributed by atoms with Crippen LogP contribution in [0.2, 0.25) is 0 Å². The fourth-order valence-electron chi connectivity index (χ4n) is 5.92. The van der Waals surface area contributed by atoms with E-state index in [2.05, 4.69) is 15.5 Å². The summed E-state index contributed by atoms with van der Waals surface area (Å²) in [6, 6.07) is 2.75. The van der Waals surface area contributed by atoms with Crippen molar-refractivity contribution in [2.45, 2.75) is 62.7 Å². The van der Waals surface area contributed by atoms with E-state index in [-0.39, 0.29) is 46.6 Å². The lowest BCUT2D eigenvalue weighted by Gasteiger charge is -2.50. The number of aliphatic hydroxyl groups is 1. The number of aromatic nitrogens is 2. The molecule has 0 unspecified atom stereocenters. The number of allylic oxidation sites excluding steroid dienone is 1. The summed E-state index contributed by atoms with van der Waals surface area (Å²) in [5.41, 5.74) is 7.25. The fraction of sp³-hybridized carbons (Fsp3) is 0.433. The molecule has 2 aromatic rings. The third-order valence-electron chi connectivity index (χ3n) is 8.31. The van der Waals surface area contributed by atoms with E-state index in [1.165, 1.54) is 11.8 Å². The van der Waals surface area contributed by atoms with Crippen LogP contribution in [0, 0.1) is 0 Å². The standard InChI is InChI=1S/C30H33N7O7S2/c31-30-32-21(16-46-30)22(34-44-20-3-1-2-4-20)25(39)33-23-27(41)37-24(29(42)43)19(15-45-28(23)37)13-18-7-10-36(26(18)40)14-17-5-8-35(9-6-17)11-12-38/h5-6,8-9,13,16,20,23,28,38H,1-4,7,10-12,14-15H2,(H3-,31,32,33,39,42,43)/b18-13?,34-22-/t23-,28-/m1/s1. The van der Waals surface area contributed by atoms with Gasteiger partial charge in [-0.2, -0.15) is 0 Å². The van der Waals surface area contributed by atoms with E-state index in [1.54, 1.807) is 16.4 Å². The highest BCUT2D eigenvalue weighted by molar-refractivity contribution is 8.00. The van der Waals surface area contributed by atoms with Crippen LogP contribution in [0.25, 0.3) is 0 Å². The van der Waals surface area contributed by atoms with Crippen LogP contribution in [-0.4, -0.2) is 85.7 Å². The summed E-state index contributed by atoms with van der Waals surface area (Å²) in [5, 5.41) is 29.3. The molecule has 1 saturated carbocycles. The van der Waals surface area contributed by atoms with Crippen molar-refractivity contribution in [2.75, 3.05) is 24.6 Å². The van der Waals surface area contributed by atoms with Crippen LogP contribution in [0.1, 0.15) is 43.4 Å². The van der Waals surface area contributed by atoms with Crippen molar-refractivity contribution in [3.05, 3.63) is 64.1 Å². The lowest BCUT2D eigenvalue weighted by Crippen LogP contribution is -2.71. The smallest absolute Gasteiger partial charge is 0.276 e. The summed E-state index contributed by atoms with van der Waals surface area (Å²) in [7, 11) is 0. The number of nitrogens with two attached hydrogens (primary N) is 1. The Bertz CT molecular complexity index is 1630. The van der Waals surface area contributed by atoms with Crippen LogP contribution >= 0.6 is 23.1 Å². The summed E-state index contributed by atoms with van der Waals surface area (Å²) in [6.07, 6.45) is 9.20. The minimum atomic E-state index is -1.54. The molecule has 0 radical (unpaired) electrons. The molecule has 3 fully saturated rings. The Balaban J connectivity index is 1.15. The number of amides is 3. The highest BCUT2D eigenvalue weighted by Gasteiger charge is 2.53. The van der Waals surface area contributed by atoms with Crippen LogP contribution in [0.15, 0.2) is 58.0 Å². The molecule has 6 rings (SSSR count). The van der Waals surface area contributed by atoms with Crippen LogP contribution in [0.3, 0.4) is 0 Å². The molecular formula is C30H33N7O7S2. The predicted molar refractivity (Wildman–Crippen MR) is 165 cm³/mol. The Hall–Kier alpha value is -4.28. The number of nitrogen functional groups attached to an aromatic ring is 1. The number of likely N-dealkylation sites (tertiary alicyclic amines) is 1. The van der Waals surface area contributed by atoms with Gasteiger partial charge in [0.2, 0.25) is 5.91 Å². The van der Waals surface area contributed by atoms with E-state index in [0.29, 0.717) is 37.2 Å². The fourth-order valence-corrected chi connectivity index (χ4v) is 7.77. The van der Waals surface area contributed by atoms with Gasteiger partial charge < -0.3 is 35.8 Å². The molecule has 14 nitrogen and oxygen atoms in total. The summed E-state index contributed by atoms with van der Waals surface area (Å²) >= 11 is 2.42. The van der Waals surface area contributed by atoms with Gasteiger partial charge >= 0.3 is 0 Å². The van der Waals surface area contributed by atoms with Gasteiger partial charge in [0.25, 0.3) is 11.8 Å². The van der Waals surface area contributed by atoms with Gasteiger partial charge in [-0.1, -0.05) is 5.16 Å². The number of β-lactam (4-membered cyclic amide) rings is 1. The van der Waals surface area contributed by atoms with Crippen LogP contribution in [0.4, 0.5) is 5.13 Å². The number of hydrogen-bond donors (Lipinski definition) is 3. The predicted octanol–water partition coefficient (Wildman–Crippen LogP) is -0.569. The molecule has 0 bridgehead atoms. The number of carboxylic acids is 1. The topological polar surface area (TPSA) is 194 Å². The second-order valence-electron chi connectivity index (χ2n) is 11.4. The van der Waals surface area contributed by atoms with Crippen molar-refractivity contribution in [3.8, 4) is 0 Å². The Morgan fingerprint density at radius 1 is 1.26 bits per heavy atom. The molecule has 1 aliphatic carbocycles. The van der Waals surface area contributed by atoms with E-state index >= 15 is 0 Å². The van der Waals surface area contributed by atoms with Gasteiger partial charge in [-0.05, 0) is 49.3 Å². The maximum absolute atomic E-state index is 13.4. The first-order chi connectivity index (χ1) is 22.2. The number of aliphatic carboxylic acids is 1. The number of anilines is 1. The number of thioether (sulfide) groups is 1. The van der Waals surface area contributed by atoms with Gasteiger partial charge in [0.15, 0.2) is 29.8 Å². The second-order valence-corrected chi connectivity index (χ2v) is 13.4. The lowest BCUT2D eigenvalue weighted by atomic mass is 10.0. The molecule has 16 heteroatoms. The largest absolute Gasteiger partial charge is 0.543 e. The molecule has 2 atom stereocenters. The number of nitrogens with zero attached hydrogens (tertiary/aromatic N) is 5. The molecule has 3 amide bonds. The van der Waals surface area contributed by atoms with E-state index in [0.717, 1.165) is 47.5 Å². The van der Waals surface area contributed by atoms with Gasteiger partial charge in [0.05, 0.1) is 11.7 Å². The zero-order valence-corrected chi connectivity index (χ0v) is 26.4. The minimum Gasteiger partial charge on any atom is -0.543 e. The molecule has 242 valence electrons. The number of thiazole rings is 1. The number of carbonyl (C=O) groups is 4. The normalized spacial score (nSPS) is 22.8. The number of oxime groups is 1. The van der Waals surface area contributed by atoms with E-state index < -0.39 is 29.2 Å². The number of carbonyl (C=O) groups excluding carboxylic acids is 4. The molecule has 2 aromatic heterocycles. The summed E-state index contributed by atoms with van der Waals surface area (Å²) in [4.78, 5) is 64.7. The molecule has 0 aromatic carbocycles. The highest BCUT2D eigenvalue weighted by atomic mass is 32.2. The zero-order valence-electron chi connectivity index (χ0n) is 24.8. The van der Waals surface area contributed by atoms with Crippen molar-refractivity contribution in [1.82, 2.24) is 20.1 Å². The van der Waals surface area contributed by atoms with Crippen molar-refractivity contribution < 1.29 is 38.8 Å². The van der Waals surface area contributed by atoms with E-state index in [1.807, 2.05) is 29.1 Å². The average Bonchev–Trinajstić information content (AvgIpc) is 3.80. The Morgan fingerprint density at radius 2 is 2.02 bits per heavy atom. The third-order valence-corrected chi connectivity index (χ3v) is 10.3. The quantitative estimate of drug-likeness (QED) is 0.0919. The molecule has 2 saturated heterocycles. The van der Waals surface area contributed by atoms with Crippen molar-refractivity contribution in [3.63, 3.8) is 0 Å². The Kier molecular flexibility index (Phi) is 9.37. The number of rotatable bonds is 11. The van der Waals surface area contributed by atoms with Gasteiger partial charge in [-0.25, -0.2) is 9.55 Å². The number of pyridine rings is 1. The van der Waals surface area contributed by atoms with Crippen LogP contribution < -0.4 is 20.7 Å². The molecule has 4 aliphatic rings. The number of aliphatic hydroxyl groups excluding tert-OH is 1. The highest BCUT2D eigenvalue weighted by Crippen LogP contribution is 2.41.